The Balaban J connectivity index is 2.32. The van der Waals surface area contributed by atoms with Crippen LogP contribution in [0.15, 0.2) is 0 Å². The van der Waals surface area contributed by atoms with Gasteiger partial charge in [-0.05, 0) is 34.9 Å². The second-order valence-electron chi connectivity index (χ2n) is 5.15. The Kier molecular flexibility index (Phi) is 5.98. The molecule has 0 amide bonds. The smallest absolute Gasteiger partial charge is 0.162 e. The van der Waals surface area contributed by atoms with Crippen LogP contribution in [0.1, 0.15) is 50.7 Å². The quantitative estimate of drug-likeness (QED) is 0.782. The number of anilines is 1. The molecule has 1 aromatic heterocycles. The summed E-state index contributed by atoms with van der Waals surface area (Å²) in [5.41, 5.74) is 1.07. The van der Waals surface area contributed by atoms with Gasteiger partial charge in [-0.2, -0.15) is 0 Å². The van der Waals surface area contributed by atoms with Crippen molar-refractivity contribution < 1.29 is 9.47 Å². The molecular formula is C14H22IN3O2. The second kappa shape index (κ2) is 7.51. The fourth-order valence-electron chi connectivity index (χ4n) is 2.01. The Morgan fingerprint density at radius 2 is 2.15 bits per heavy atom. The van der Waals surface area contributed by atoms with Gasteiger partial charge in [0.1, 0.15) is 11.9 Å². The topological polar surface area (TPSA) is 56.3 Å². The maximum atomic E-state index is 5.72. The molecule has 0 spiro atoms. The van der Waals surface area contributed by atoms with Crippen LogP contribution >= 0.6 is 22.6 Å². The molecule has 1 unspecified atom stereocenters. The predicted molar refractivity (Wildman–Crippen MR) is 87.1 cm³/mol. The molecule has 2 rings (SSSR count). The Hall–Kier alpha value is -0.470. The van der Waals surface area contributed by atoms with Gasteiger partial charge in [0.05, 0.1) is 29.1 Å². The molecule has 1 atom stereocenters. The van der Waals surface area contributed by atoms with Crippen LogP contribution in [0.2, 0.25) is 0 Å². The van der Waals surface area contributed by atoms with Gasteiger partial charge in [0.2, 0.25) is 0 Å². The molecule has 0 saturated carbocycles. The van der Waals surface area contributed by atoms with E-state index in [2.05, 4.69) is 53.7 Å². The van der Waals surface area contributed by atoms with Crippen molar-refractivity contribution in [2.75, 3.05) is 31.7 Å². The van der Waals surface area contributed by atoms with Gasteiger partial charge in [-0.25, -0.2) is 9.97 Å². The zero-order valence-electron chi connectivity index (χ0n) is 12.3. The van der Waals surface area contributed by atoms with Crippen LogP contribution < -0.4 is 5.32 Å². The lowest BCUT2D eigenvalue weighted by Gasteiger charge is -2.23. The number of hydrogen-bond acceptors (Lipinski definition) is 5. The number of hydrogen-bond donors (Lipinski definition) is 1. The molecule has 5 nitrogen and oxygen atoms in total. The Labute approximate surface area is 134 Å². The maximum absolute atomic E-state index is 5.72. The predicted octanol–water partition coefficient (Wildman–Crippen LogP) is 3.11. The monoisotopic (exact) mass is 391 g/mol. The zero-order chi connectivity index (χ0) is 14.5. The summed E-state index contributed by atoms with van der Waals surface area (Å²) in [6.07, 6.45) is 0.913. The molecule has 0 aromatic carbocycles. The normalized spacial score (nSPS) is 19.4. The third-order valence-electron chi connectivity index (χ3n) is 3.09. The molecular weight excluding hydrogens is 369 g/mol. The molecule has 0 aliphatic carbocycles. The minimum atomic E-state index is -0.152. The van der Waals surface area contributed by atoms with Gasteiger partial charge in [0.15, 0.2) is 5.82 Å². The first-order valence-corrected chi connectivity index (χ1v) is 8.21. The standard InChI is InChI=1S/C14H22IN3O2/c1-4-5-16-14-11(15)12(9(2)3)17-13(18-14)10-8-19-6-7-20-10/h9-10H,4-8H2,1-3H3,(H,16,17,18). The van der Waals surface area contributed by atoms with E-state index in [9.17, 15) is 0 Å². The van der Waals surface area contributed by atoms with Crippen LogP contribution in [0.3, 0.4) is 0 Å². The van der Waals surface area contributed by atoms with E-state index in [1.54, 1.807) is 0 Å². The van der Waals surface area contributed by atoms with Crippen LogP contribution in [0, 0.1) is 3.57 Å². The second-order valence-corrected chi connectivity index (χ2v) is 6.22. The van der Waals surface area contributed by atoms with Gasteiger partial charge in [-0.3, -0.25) is 0 Å². The van der Waals surface area contributed by atoms with Crippen molar-refractivity contribution in [2.24, 2.45) is 0 Å². The molecule has 20 heavy (non-hydrogen) atoms. The lowest BCUT2D eigenvalue weighted by atomic mass is 10.1. The van der Waals surface area contributed by atoms with Crippen LogP contribution in [-0.4, -0.2) is 36.3 Å². The van der Waals surface area contributed by atoms with Crippen LogP contribution in [0.4, 0.5) is 5.82 Å². The minimum absolute atomic E-state index is 0.152. The molecule has 112 valence electrons. The Bertz CT molecular complexity index is 448. The minimum Gasteiger partial charge on any atom is -0.376 e. The van der Waals surface area contributed by atoms with E-state index < -0.39 is 0 Å². The number of aromatic nitrogens is 2. The van der Waals surface area contributed by atoms with E-state index in [0.29, 0.717) is 25.7 Å². The molecule has 1 fully saturated rings. The fourth-order valence-corrected chi connectivity index (χ4v) is 3.06. The van der Waals surface area contributed by atoms with Gasteiger partial charge < -0.3 is 14.8 Å². The highest BCUT2D eigenvalue weighted by Gasteiger charge is 2.23. The molecule has 1 aromatic rings. The van der Waals surface area contributed by atoms with Crippen LogP contribution in [0.5, 0.6) is 0 Å². The number of halogens is 1. The van der Waals surface area contributed by atoms with Gasteiger partial charge >= 0.3 is 0 Å². The summed E-state index contributed by atoms with van der Waals surface area (Å²) in [6, 6.07) is 0. The van der Waals surface area contributed by atoms with E-state index in [1.165, 1.54) is 0 Å². The van der Waals surface area contributed by atoms with E-state index in [1.807, 2.05) is 0 Å². The van der Waals surface area contributed by atoms with E-state index in [0.717, 1.165) is 33.9 Å². The van der Waals surface area contributed by atoms with Gasteiger partial charge in [-0.1, -0.05) is 20.8 Å². The van der Waals surface area contributed by atoms with E-state index in [-0.39, 0.29) is 6.10 Å². The highest BCUT2D eigenvalue weighted by atomic mass is 127. The first-order valence-electron chi connectivity index (χ1n) is 7.14. The maximum Gasteiger partial charge on any atom is 0.162 e. The molecule has 6 heteroatoms. The lowest BCUT2D eigenvalue weighted by molar-refractivity contribution is -0.0935. The first-order chi connectivity index (χ1) is 9.63. The van der Waals surface area contributed by atoms with Crippen molar-refractivity contribution in [3.63, 3.8) is 0 Å². The summed E-state index contributed by atoms with van der Waals surface area (Å²) >= 11 is 2.32. The Morgan fingerprint density at radius 3 is 2.75 bits per heavy atom. The van der Waals surface area contributed by atoms with Crippen molar-refractivity contribution in [1.29, 1.82) is 0 Å². The molecule has 1 saturated heterocycles. The van der Waals surface area contributed by atoms with Crippen LogP contribution in [0.25, 0.3) is 0 Å². The fraction of sp³-hybridized carbons (Fsp3) is 0.714. The molecule has 2 heterocycles. The Morgan fingerprint density at radius 1 is 1.35 bits per heavy atom. The SMILES string of the molecule is CCCNc1nc(C2COCCO2)nc(C(C)C)c1I. The number of nitrogens with zero attached hydrogens (tertiary/aromatic N) is 2. The number of nitrogens with one attached hydrogen (secondary N) is 1. The molecule has 0 bridgehead atoms. The van der Waals surface area contributed by atoms with Gasteiger partial charge in [-0.15, -0.1) is 0 Å². The van der Waals surface area contributed by atoms with Crippen molar-refractivity contribution in [3.05, 3.63) is 15.1 Å². The van der Waals surface area contributed by atoms with Crippen molar-refractivity contribution in [2.45, 2.75) is 39.2 Å². The summed E-state index contributed by atoms with van der Waals surface area (Å²) in [4.78, 5) is 9.34. The average Bonchev–Trinajstić information content (AvgIpc) is 2.46. The number of ether oxygens (including phenoxy) is 2. The van der Waals surface area contributed by atoms with Crippen LogP contribution in [-0.2, 0) is 9.47 Å². The molecule has 0 radical (unpaired) electrons. The summed E-state index contributed by atoms with van der Waals surface area (Å²) in [6.45, 7) is 9.14. The summed E-state index contributed by atoms with van der Waals surface area (Å²) < 4.78 is 12.3. The molecule has 1 aliphatic rings. The average molecular weight is 391 g/mol. The summed E-state index contributed by atoms with van der Waals surface area (Å²) in [5, 5.41) is 3.38. The highest BCUT2D eigenvalue weighted by molar-refractivity contribution is 14.1. The largest absolute Gasteiger partial charge is 0.376 e. The van der Waals surface area contributed by atoms with E-state index >= 15 is 0 Å². The lowest BCUT2D eigenvalue weighted by Crippen LogP contribution is -2.25. The van der Waals surface area contributed by atoms with Crippen molar-refractivity contribution in [1.82, 2.24) is 9.97 Å². The van der Waals surface area contributed by atoms with Gasteiger partial charge in [0.25, 0.3) is 0 Å². The zero-order valence-corrected chi connectivity index (χ0v) is 14.4. The van der Waals surface area contributed by atoms with Gasteiger partial charge in [0, 0.05) is 6.54 Å². The van der Waals surface area contributed by atoms with Crippen molar-refractivity contribution >= 4 is 28.4 Å². The summed E-state index contributed by atoms with van der Waals surface area (Å²) in [5.74, 6) is 2.00. The third kappa shape index (κ3) is 3.79. The number of rotatable bonds is 5. The molecule has 1 N–H and O–H groups in total. The highest BCUT2D eigenvalue weighted by Crippen LogP contribution is 2.28. The first kappa shape index (κ1) is 15.9. The third-order valence-corrected chi connectivity index (χ3v) is 4.15. The molecule has 1 aliphatic heterocycles. The van der Waals surface area contributed by atoms with E-state index in [4.69, 9.17) is 14.5 Å². The summed E-state index contributed by atoms with van der Waals surface area (Å²) in [7, 11) is 0. The van der Waals surface area contributed by atoms with Crippen molar-refractivity contribution in [3.8, 4) is 0 Å².